The van der Waals surface area contributed by atoms with Gasteiger partial charge >= 0.3 is 0 Å². The third-order valence-corrected chi connectivity index (χ3v) is 4.56. The lowest BCUT2D eigenvalue weighted by Crippen LogP contribution is -2.36. The molecule has 1 aromatic heterocycles. The zero-order chi connectivity index (χ0) is 18.0. The Hall–Kier alpha value is -2.47. The van der Waals surface area contributed by atoms with Gasteiger partial charge in [0.15, 0.2) is 0 Å². The molecule has 1 saturated carbocycles. The molecule has 2 N–H and O–H groups in total. The van der Waals surface area contributed by atoms with Gasteiger partial charge in [0.25, 0.3) is 5.91 Å². The lowest BCUT2D eigenvalue weighted by molar-refractivity contribution is 0.0953. The molecule has 1 heterocycles. The van der Waals surface area contributed by atoms with Crippen LogP contribution in [0.5, 0.6) is 11.6 Å². The summed E-state index contributed by atoms with van der Waals surface area (Å²) in [6, 6.07) is 7.67. The van der Waals surface area contributed by atoms with Crippen molar-refractivity contribution in [3.8, 4) is 11.6 Å². The number of rotatable bonds is 7. The van der Waals surface area contributed by atoms with Gasteiger partial charge in [-0.05, 0) is 31.0 Å². The Morgan fingerprint density at radius 1 is 1.12 bits per heavy atom. The number of carbonyl (C=O) groups excluding carboxylic acids is 1. The van der Waals surface area contributed by atoms with Gasteiger partial charge in [0.2, 0.25) is 5.88 Å². The van der Waals surface area contributed by atoms with E-state index in [0.29, 0.717) is 29.8 Å². The highest BCUT2D eigenvalue weighted by atomic mass is 16.5. The van der Waals surface area contributed by atoms with Gasteiger partial charge in [-0.25, -0.2) is 4.98 Å². The molecule has 0 atom stereocenters. The maximum Gasteiger partial charge on any atom is 0.251 e. The van der Waals surface area contributed by atoms with E-state index in [2.05, 4.69) is 20.6 Å². The van der Waals surface area contributed by atoms with Gasteiger partial charge in [-0.15, -0.1) is 0 Å². The van der Waals surface area contributed by atoms with E-state index in [9.17, 15) is 4.79 Å². The van der Waals surface area contributed by atoms with Crippen molar-refractivity contribution in [2.45, 2.75) is 44.6 Å². The van der Waals surface area contributed by atoms with Crippen LogP contribution in [0.25, 0.3) is 0 Å². The summed E-state index contributed by atoms with van der Waals surface area (Å²) in [5.41, 5.74) is 0.570. The molecule has 0 aliphatic heterocycles. The van der Waals surface area contributed by atoms with Crippen molar-refractivity contribution in [1.82, 2.24) is 20.6 Å². The fourth-order valence-corrected chi connectivity index (χ4v) is 3.20. The lowest BCUT2D eigenvalue weighted by Gasteiger charge is -2.16. The van der Waals surface area contributed by atoms with Crippen LogP contribution in [0, 0.1) is 0 Å². The molecule has 0 spiro atoms. The zero-order valence-electron chi connectivity index (χ0n) is 15.0. The van der Waals surface area contributed by atoms with Gasteiger partial charge < -0.3 is 15.4 Å². The molecule has 6 nitrogen and oxygen atoms in total. The van der Waals surface area contributed by atoms with Gasteiger partial charge in [0.1, 0.15) is 5.75 Å². The number of amides is 1. The highest BCUT2D eigenvalue weighted by Gasteiger charge is 2.11. The predicted octanol–water partition coefficient (Wildman–Crippen LogP) is 3.31. The Morgan fingerprint density at radius 2 is 1.96 bits per heavy atom. The molecule has 1 amide bonds. The topological polar surface area (TPSA) is 76.1 Å². The summed E-state index contributed by atoms with van der Waals surface area (Å²) in [7, 11) is 0. The lowest BCUT2D eigenvalue weighted by atomic mass is 10.1. The number of hydrogen-bond donors (Lipinski definition) is 2. The van der Waals surface area contributed by atoms with Gasteiger partial charge in [0, 0.05) is 37.1 Å². The number of benzene rings is 1. The van der Waals surface area contributed by atoms with E-state index < -0.39 is 0 Å². The van der Waals surface area contributed by atoms with Crippen molar-refractivity contribution >= 4 is 5.91 Å². The van der Waals surface area contributed by atoms with Crippen LogP contribution in [0.2, 0.25) is 0 Å². The molecule has 6 heteroatoms. The van der Waals surface area contributed by atoms with Crippen molar-refractivity contribution < 1.29 is 9.53 Å². The quantitative estimate of drug-likeness (QED) is 0.589. The Kier molecular flexibility index (Phi) is 6.96. The van der Waals surface area contributed by atoms with Crippen molar-refractivity contribution in [3.05, 3.63) is 48.4 Å². The first-order chi connectivity index (χ1) is 12.8. The van der Waals surface area contributed by atoms with Crippen molar-refractivity contribution in [1.29, 1.82) is 0 Å². The molecular weight excluding hydrogens is 328 g/mol. The molecule has 138 valence electrons. The van der Waals surface area contributed by atoms with Crippen LogP contribution in [0.3, 0.4) is 0 Å². The van der Waals surface area contributed by atoms with E-state index >= 15 is 0 Å². The van der Waals surface area contributed by atoms with E-state index in [1.165, 1.54) is 44.7 Å². The Balaban J connectivity index is 1.44. The van der Waals surface area contributed by atoms with Crippen molar-refractivity contribution in [3.63, 3.8) is 0 Å². The molecule has 1 aromatic carbocycles. The van der Waals surface area contributed by atoms with Crippen LogP contribution >= 0.6 is 0 Å². The van der Waals surface area contributed by atoms with Crippen LogP contribution in [0.15, 0.2) is 42.9 Å². The minimum absolute atomic E-state index is 0.0998. The molecule has 0 saturated heterocycles. The SMILES string of the molecule is O=C(NCCNC1CCCCCC1)c1cccc(Oc2cnccn2)c1. The first-order valence-corrected chi connectivity index (χ1v) is 9.37. The summed E-state index contributed by atoms with van der Waals surface area (Å²) in [6.07, 6.45) is 12.5. The minimum atomic E-state index is -0.0998. The first-order valence-electron chi connectivity index (χ1n) is 9.37. The second-order valence-corrected chi connectivity index (χ2v) is 6.57. The fraction of sp³-hybridized carbons (Fsp3) is 0.450. The van der Waals surface area contributed by atoms with Crippen LogP contribution in [0.4, 0.5) is 0 Å². The molecule has 0 unspecified atom stereocenters. The highest BCUT2D eigenvalue weighted by molar-refractivity contribution is 5.94. The van der Waals surface area contributed by atoms with Gasteiger partial charge in [0.05, 0.1) is 6.20 Å². The Labute approximate surface area is 154 Å². The summed E-state index contributed by atoms with van der Waals surface area (Å²) in [5.74, 6) is 0.865. The van der Waals surface area contributed by atoms with Crippen LogP contribution in [-0.2, 0) is 0 Å². The van der Waals surface area contributed by atoms with E-state index in [-0.39, 0.29) is 5.91 Å². The average molecular weight is 354 g/mol. The summed E-state index contributed by atoms with van der Waals surface area (Å²) >= 11 is 0. The molecule has 1 aliphatic rings. The van der Waals surface area contributed by atoms with E-state index in [4.69, 9.17) is 4.74 Å². The summed E-state index contributed by atoms with van der Waals surface area (Å²) in [6.45, 7) is 1.41. The Bertz CT molecular complexity index is 685. The van der Waals surface area contributed by atoms with Gasteiger partial charge in [-0.3, -0.25) is 9.78 Å². The number of carbonyl (C=O) groups is 1. The second kappa shape index (κ2) is 9.87. The number of aromatic nitrogens is 2. The smallest absolute Gasteiger partial charge is 0.251 e. The van der Waals surface area contributed by atoms with E-state index in [1.807, 2.05) is 0 Å². The Morgan fingerprint density at radius 3 is 2.73 bits per heavy atom. The maximum atomic E-state index is 12.3. The number of nitrogens with one attached hydrogen (secondary N) is 2. The highest BCUT2D eigenvalue weighted by Crippen LogP contribution is 2.19. The largest absolute Gasteiger partial charge is 0.437 e. The first kappa shape index (κ1) is 18.3. The average Bonchev–Trinajstić information content (AvgIpc) is 2.95. The molecule has 0 radical (unpaired) electrons. The normalized spacial score (nSPS) is 15.2. The second-order valence-electron chi connectivity index (χ2n) is 6.57. The van der Waals surface area contributed by atoms with Crippen LogP contribution in [0.1, 0.15) is 48.9 Å². The standard InChI is InChI=1S/C20H26N4O2/c25-20(24-13-12-22-17-7-3-1-2-4-8-17)16-6-5-9-18(14-16)26-19-15-21-10-11-23-19/h5-6,9-11,14-15,17,22H,1-4,7-8,12-13H2,(H,24,25). The van der Waals surface area contributed by atoms with E-state index in [1.54, 1.807) is 36.7 Å². The van der Waals surface area contributed by atoms with Crippen molar-refractivity contribution in [2.24, 2.45) is 0 Å². The third-order valence-electron chi connectivity index (χ3n) is 4.56. The molecular formula is C20H26N4O2. The maximum absolute atomic E-state index is 12.3. The summed E-state index contributed by atoms with van der Waals surface area (Å²) < 4.78 is 5.62. The molecule has 1 aliphatic carbocycles. The molecule has 1 fully saturated rings. The van der Waals surface area contributed by atoms with E-state index in [0.717, 1.165) is 6.54 Å². The minimum Gasteiger partial charge on any atom is -0.437 e. The zero-order valence-corrected chi connectivity index (χ0v) is 15.0. The summed E-state index contributed by atoms with van der Waals surface area (Å²) in [4.78, 5) is 20.4. The third kappa shape index (κ3) is 5.81. The number of hydrogen-bond acceptors (Lipinski definition) is 5. The molecule has 0 bridgehead atoms. The van der Waals surface area contributed by atoms with Crippen LogP contribution < -0.4 is 15.4 Å². The molecule has 2 aromatic rings. The van der Waals surface area contributed by atoms with Crippen LogP contribution in [-0.4, -0.2) is 35.0 Å². The molecule has 3 rings (SSSR count). The number of nitrogens with zero attached hydrogens (tertiary/aromatic N) is 2. The van der Waals surface area contributed by atoms with Gasteiger partial charge in [-0.1, -0.05) is 31.7 Å². The molecule has 26 heavy (non-hydrogen) atoms. The van der Waals surface area contributed by atoms with Crippen molar-refractivity contribution in [2.75, 3.05) is 13.1 Å². The fourth-order valence-electron chi connectivity index (χ4n) is 3.20. The number of ether oxygens (including phenoxy) is 1. The summed E-state index contributed by atoms with van der Waals surface area (Å²) in [5, 5.41) is 6.52. The predicted molar refractivity (Wildman–Crippen MR) is 100 cm³/mol. The monoisotopic (exact) mass is 354 g/mol. The van der Waals surface area contributed by atoms with Gasteiger partial charge in [-0.2, -0.15) is 0 Å².